The molecule has 1 heterocycles. The van der Waals surface area contributed by atoms with Crippen molar-refractivity contribution in [2.45, 2.75) is 0 Å². The average Bonchev–Trinajstić information content (AvgIpc) is 3.50. The lowest BCUT2D eigenvalue weighted by Crippen LogP contribution is -2.09. The first-order valence-electron chi connectivity index (χ1n) is 15.7. The highest BCUT2D eigenvalue weighted by Gasteiger charge is 2.16. The number of hydrogen-bond donors (Lipinski definition) is 0. The third-order valence-corrected chi connectivity index (χ3v) is 9.02. The summed E-state index contributed by atoms with van der Waals surface area (Å²) in [7, 11) is 0. The maximum atomic E-state index is 6.17. The number of furan rings is 1. The molecular weight excluding hydrogens is 558 g/mol. The molecule has 0 unspecified atom stereocenters. The Labute approximate surface area is 267 Å². The molecule has 0 saturated heterocycles. The third-order valence-electron chi connectivity index (χ3n) is 9.02. The van der Waals surface area contributed by atoms with Crippen molar-refractivity contribution in [3.8, 4) is 22.3 Å². The molecule has 9 aromatic rings. The van der Waals surface area contributed by atoms with E-state index >= 15 is 0 Å². The van der Waals surface area contributed by atoms with E-state index in [4.69, 9.17) is 4.42 Å². The van der Waals surface area contributed by atoms with E-state index in [2.05, 4.69) is 169 Å². The lowest BCUT2D eigenvalue weighted by atomic mass is 9.98. The Hall–Kier alpha value is -6.12. The second kappa shape index (κ2) is 10.8. The minimum Gasteiger partial charge on any atom is -0.456 e. The van der Waals surface area contributed by atoms with Crippen LogP contribution in [0.15, 0.2) is 180 Å². The number of hydrogen-bond acceptors (Lipinski definition) is 2. The van der Waals surface area contributed by atoms with Gasteiger partial charge in [-0.3, -0.25) is 0 Å². The molecule has 0 spiro atoms. The van der Waals surface area contributed by atoms with Gasteiger partial charge in [0.25, 0.3) is 0 Å². The highest BCUT2D eigenvalue weighted by molar-refractivity contribution is 6.06. The van der Waals surface area contributed by atoms with Crippen LogP contribution in [0.2, 0.25) is 0 Å². The molecule has 0 radical (unpaired) electrons. The summed E-state index contributed by atoms with van der Waals surface area (Å²) in [6.45, 7) is 0. The van der Waals surface area contributed by atoms with E-state index in [-0.39, 0.29) is 0 Å². The van der Waals surface area contributed by atoms with Gasteiger partial charge in [0.15, 0.2) is 0 Å². The fourth-order valence-corrected chi connectivity index (χ4v) is 6.65. The van der Waals surface area contributed by atoms with E-state index < -0.39 is 0 Å². The van der Waals surface area contributed by atoms with Crippen LogP contribution in [0.25, 0.3) is 65.7 Å². The summed E-state index contributed by atoms with van der Waals surface area (Å²) >= 11 is 0. The van der Waals surface area contributed by atoms with Crippen molar-refractivity contribution in [1.82, 2.24) is 0 Å². The van der Waals surface area contributed by atoms with Gasteiger partial charge in [0.2, 0.25) is 0 Å². The lowest BCUT2D eigenvalue weighted by Gasteiger charge is -2.26. The molecular formula is C44H29NO. The summed E-state index contributed by atoms with van der Waals surface area (Å²) < 4.78 is 6.17. The van der Waals surface area contributed by atoms with Gasteiger partial charge in [-0.2, -0.15) is 0 Å². The van der Waals surface area contributed by atoms with Crippen LogP contribution in [0.1, 0.15) is 0 Å². The first-order valence-corrected chi connectivity index (χ1v) is 15.7. The van der Waals surface area contributed by atoms with E-state index in [1.807, 2.05) is 12.1 Å². The monoisotopic (exact) mass is 587 g/mol. The van der Waals surface area contributed by atoms with E-state index in [0.717, 1.165) is 39.0 Å². The molecule has 0 N–H and O–H groups in total. The van der Waals surface area contributed by atoms with Gasteiger partial charge >= 0.3 is 0 Å². The van der Waals surface area contributed by atoms with E-state index in [1.165, 1.54) is 43.8 Å². The van der Waals surface area contributed by atoms with Crippen molar-refractivity contribution in [2.24, 2.45) is 0 Å². The van der Waals surface area contributed by atoms with Crippen molar-refractivity contribution < 1.29 is 4.42 Å². The zero-order valence-electron chi connectivity index (χ0n) is 25.1. The van der Waals surface area contributed by atoms with Gasteiger partial charge in [-0.25, -0.2) is 0 Å². The van der Waals surface area contributed by atoms with Gasteiger partial charge in [0.1, 0.15) is 11.2 Å². The Bertz CT molecular complexity index is 2530. The van der Waals surface area contributed by atoms with E-state index in [1.54, 1.807) is 0 Å². The van der Waals surface area contributed by atoms with Crippen LogP contribution >= 0.6 is 0 Å². The van der Waals surface area contributed by atoms with Crippen molar-refractivity contribution in [1.29, 1.82) is 0 Å². The van der Waals surface area contributed by atoms with Crippen molar-refractivity contribution in [2.75, 3.05) is 4.90 Å². The van der Waals surface area contributed by atoms with Crippen LogP contribution in [-0.4, -0.2) is 0 Å². The maximum Gasteiger partial charge on any atom is 0.135 e. The van der Waals surface area contributed by atoms with Crippen molar-refractivity contribution in [3.05, 3.63) is 176 Å². The molecule has 2 nitrogen and oxygen atoms in total. The van der Waals surface area contributed by atoms with Crippen molar-refractivity contribution >= 4 is 60.5 Å². The average molecular weight is 588 g/mol. The van der Waals surface area contributed by atoms with Gasteiger partial charge in [-0.05, 0) is 104 Å². The molecule has 0 aliphatic heterocycles. The molecule has 0 fully saturated rings. The lowest BCUT2D eigenvalue weighted by molar-refractivity contribution is 0.669. The number of nitrogens with zero attached hydrogens (tertiary/aromatic N) is 1. The Kier molecular flexibility index (Phi) is 6.17. The fraction of sp³-hybridized carbons (Fsp3) is 0. The van der Waals surface area contributed by atoms with Crippen LogP contribution in [0.5, 0.6) is 0 Å². The number of benzene rings is 8. The third kappa shape index (κ3) is 4.60. The van der Waals surface area contributed by atoms with Crippen molar-refractivity contribution in [3.63, 3.8) is 0 Å². The molecule has 0 atom stereocenters. The highest BCUT2D eigenvalue weighted by atomic mass is 16.3. The number of fused-ring (bicyclic) bond motifs is 5. The van der Waals surface area contributed by atoms with Gasteiger partial charge in [0.05, 0.1) is 0 Å². The van der Waals surface area contributed by atoms with Crippen LogP contribution in [0.3, 0.4) is 0 Å². The summed E-state index contributed by atoms with van der Waals surface area (Å²) in [5, 5.41) is 7.16. The normalized spacial score (nSPS) is 11.5. The molecule has 2 heteroatoms. The zero-order valence-corrected chi connectivity index (χ0v) is 25.1. The van der Waals surface area contributed by atoms with Crippen LogP contribution < -0.4 is 4.90 Å². The molecule has 46 heavy (non-hydrogen) atoms. The fourth-order valence-electron chi connectivity index (χ4n) is 6.65. The Balaban J connectivity index is 1.16. The predicted molar refractivity (Wildman–Crippen MR) is 194 cm³/mol. The van der Waals surface area contributed by atoms with E-state index in [0.29, 0.717) is 0 Å². The minimum atomic E-state index is 0.893. The van der Waals surface area contributed by atoms with Gasteiger partial charge in [-0.15, -0.1) is 0 Å². The van der Waals surface area contributed by atoms with Gasteiger partial charge in [-0.1, -0.05) is 115 Å². The molecule has 0 bridgehead atoms. The van der Waals surface area contributed by atoms with E-state index in [9.17, 15) is 0 Å². The van der Waals surface area contributed by atoms with Crippen LogP contribution in [-0.2, 0) is 0 Å². The van der Waals surface area contributed by atoms with Gasteiger partial charge in [0, 0.05) is 27.8 Å². The summed E-state index contributed by atoms with van der Waals surface area (Å²) in [6.07, 6.45) is 0. The molecule has 8 aromatic carbocycles. The molecule has 0 saturated carbocycles. The molecule has 0 amide bonds. The smallest absolute Gasteiger partial charge is 0.135 e. The SMILES string of the molecule is c1ccc(-c2ccc(N(c3ccc4cc(-c5ccc6ccccc6c5)ccc4c3)c3ccc4oc5ccccc5c4c3)cc2)cc1. The summed E-state index contributed by atoms with van der Waals surface area (Å²) in [5.74, 6) is 0. The molecule has 0 aliphatic rings. The summed E-state index contributed by atoms with van der Waals surface area (Å²) in [6, 6.07) is 62.9. The Morgan fingerprint density at radius 3 is 1.65 bits per heavy atom. The first-order chi connectivity index (χ1) is 22.8. The molecule has 9 rings (SSSR count). The highest BCUT2D eigenvalue weighted by Crippen LogP contribution is 2.40. The standard InChI is InChI=1S/C44H29NO/c1-2-8-30(9-3-1)32-18-21-38(22-19-32)45(40-24-25-44-42(29-40)41-12-6-7-13-43(41)46-44)39-23-20-36-27-35(16-17-37(36)28-39)34-15-14-31-10-4-5-11-33(31)26-34/h1-29H. The molecule has 216 valence electrons. The number of rotatable bonds is 5. The molecule has 1 aromatic heterocycles. The topological polar surface area (TPSA) is 16.4 Å². The Morgan fingerprint density at radius 2 is 0.826 bits per heavy atom. The maximum absolute atomic E-state index is 6.17. The van der Waals surface area contributed by atoms with Crippen LogP contribution in [0.4, 0.5) is 17.1 Å². The predicted octanol–water partition coefficient (Wildman–Crippen LogP) is 12.7. The first kappa shape index (κ1) is 26.3. The summed E-state index contributed by atoms with van der Waals surface area (Å²) in [5.41, 5.74) is 9.93. The molecule has 0 aliphatic carbocycles. The number of anilines is 3. The largest absolute Gasteiger partial charge is 0.456 e. The zero-order chi connectivity index (χ0) is 30.5. The van der Waals surface area contributed by atoms with Crippen LogP contribution in [0, 0.1) is 0 Å². The number of para-hydroxylation sites is 1. The Morgan fingerprint density at radius 1 is 0.304 bits per heavy atom. The second-order valence-electron chi connectivity index (χ2n) is 11.8. The minimum absolute atomic E-state index is 0.893. The summed E-state index contributed by atoms with van der Waals surface area (Å²) in [4.78, 5) is 2.34. The quantitative estimate of drug-likeness (QED) is 0.199. The van der Waals surface area contributed by atoms with Gasteiger partial charge < -0.3 is 9.32 Å². The second-order valence-corrected chi connectivity index (χ2v) is 11.8.